The molecule has 24 heavy (non-hydrogen) atoms. The number of benzene rings is 1. The standard InChI is InChI=1S/C16H10ClNO5S/c1-18-14(19)13(24-16(18)22)7-9-3-5-12(23-9)8-2-4-11(17)10(6-8)15(20)21/h2-7H,1H3,(H,20,21)/b13-7+. The molecule has 0 unspecified atom stereocenters. The average molecular weight is 364 g/mol. The Hall–Kier alpha value is -2.51. The highest BCUT2D eigenvalue weighted by molar-refractivity contribution is 8.18. The van der Waals surface area contributed by atoms with Gasteiger partial charge in [0.15, 0.2) is 0 Å². The minimum atomic E-state index is -1.13. The molecule has 1 aliphatic rings. The van der Waals surface area contributed by atoms with Gasteiger partial charge < -0.3 is 9.52 Å². The summed E-state index contributed by atoms with van der Waals surface area (Å²) in [6, 6.07) is 7.81. The van der Waals surface area contributed by atoms with E-state index in [0.29, 0.717) is 17.1 Å². The van der Waals surface area contributed by atoms with E-state index in [4.69, 9.17) is 21.1 Å². The molecule has 0 aliphatic carbocycles. The molecule has 1 aliphatic heterocycles. The van der Waals surface area contributed by atoms with Crippen LogP contribution in [-0.4, -0.2) is 34.2 Å². The topological polar surface area (TPSA) is 87.8 Å². The Morgan fingerprint density at radius 1 is 1.29 bits per heavy atom. The van der Waals surface area contributed by atoms with Crippen LogP contribution in [0.3, 0.4) is 0 Å². The zero-order chi connectivity index (χ0) is 17.4. The third kappa shape index (κ3) is 2.95. The van der Waals surface area contributed by atoms with Gasteiger partial charge in [-0.15, -0.1) is 0 Å². The minimum absolute atomic E-state index is 0.0285. The number of carboxylic acids is 1. The summed E-state index contributed by atoms with van der Waals surface area (Å²) in [6.45, 7) is 0. The van der Waals surface area contributed by atoms with Gasteiger partial charge in [-0.3, -0.25) is 14.5 Å². The number of hydrogen-bond acceptors (Lipinski definition) is 5. The normalized spacial score (nSPS) is 16.2. The summed E-state index contributed by atoms with van der Waals surface area (Å²) in [6.07, 6.45) is 1.48. The second-order valence-electron chi connectivity index (χ2n) is 4.94. The Bertz CT molecular complexity index is 902. The molecule has 2 amide bonds. The first kappa shape index (κ1) is 16.4. The van der Waals surface area contributed by atoms with E-state index >= 15 is 0 Å². The van der Waals surface area contributed by atoms with Crippen molar-refractivity contribution in [2.75, 3.05) is 7.05 Å². The highest BCUT2D eigenvalue weighted by Crippen LogP contribution is 2.33. The van der Waals surface area contributed by atoms with Crippen molar-refractivity contribution in [1.82, 2.24) is 4.90 Å². The maximum atomic E-state index is 11.8. The Kier molecular flexibility index (Phi) is 4.21. The Morgan fingerprint density at radius 3 is 2.67 bits per heavy atom. The highest BCUT2D eigenvalue weighted by atomic mass is 35.5. The maximum Gasteiger partial charge on any atom is 0.337 e. The predicted octanol–water partition coefficient (Wildman–Crippen LogP) is 3.96. The van der Waals surface area contributed by atoms with Crippen LogP contribution in [0.25, 0.3) is 17.4 Å². The van der Waals surface area contributed by atoms with Crippen LogP contribution in [0, 0.1) is 0 Å². The van der Waals surface area contributed by atoms with Crippen LogP contribution in [0.15, 0.2) is 39.7 Å². The van der Waals surface area contributed by atoms with Crippen molar-refractivity contribution >= 4 is 46.6 Å². The van der Waals surface area contributed by atoms with Crippen LogP contribution in [0.5, 0.6) is 0 Å². The van der Waals surface area contributed by atoms with Crippen molar-refractivity contribution in [3.63, 3.8) is 0 Å². The van der Waals surface area contributed by atoms with Crippen molar-refractivity contribution in [2.45, 2.75) is 0 Å². The smallest absolute Gasteiger partial charge is 0.337 e. The summed E-state index contributed by atoms with van der Waals surface area (Å²) < 4.78 is 5.62. The second-order valence-corrected chi connectivity index (χ2v) is 6.34. The van der Waals surface area contributed by atoms with Crippen molar-refractivity contribution in [3.05, 3.63) is 51.6 Å². The molecule has 1 N–H and O–H groups in total. The third-order valence-corrected chi connectivity index (χ3v) is 4.66. The monoisotopic (exact) mass is 363 g/mol. The lowest BCUT2D eigenvalue weighted by atomic mass is 10.1. The van der Waals surface area contributed by atoms with E-state index in [1.807, 2.05) is 0 Å². The quantitative estimate of drug-likeness (QED) is 0.830. The third-order valence-electron chi connectivity index (χ3n) is 3.37. The molecule has 0 atom stereocenters. The van der Waals surface area contributed by atoms with Crippen molar-refractivity contribution < 1.29 is 23.9 Å². The number of carbonyl (C=O) groups excluding carboxylic acids is 2. The maximum absolute atomic E-state index is 11.8. The first-order valence-corrected chi connectivity index (χ1v) is 7.91. The summed E-state index contributed by atoms with van der Waals surface area (Å²) in [7, 11) is 1.41. The van der Waals surface area contributed by atoms with Gasteiger partial charge in [0.25, 0.3) is 11.1 Å². The molecular formula is C16H10ClNO5S. The van der Waals surface area contributed by atoms with Crippen LogP contribution in [-0.2, 0) is 4.79 Å². The molecule has 3 rings (SSSR count). The van der Waals surface area contributed by atoms with Gasteiger partial charge in [-0.25, -0.2) is 4.79 Å². The zero-order valence-corrected chi connectivity index (χ0v) is 13.9. The van der Waals surface area contributed by atoms with Crippen molar-refractivity contribution in [1.29, 1.82) is 0 Å². The molecule has 2 heterocycles. The van der Waals surface area contributed by atoms with Gasteiger partial charge in [0, 0.05) is 18.7 Å². The van der Waals surface area contributed by atoms with E-state index in [0.717, 1.165) is 16.7 Å². The number of thioether (sulfide) groups is 1. The van der Waals surface area contributed by atoms with Gasteiger partial charge in [0.05, 0.1) is 15.5 Å². The van der Waals surface area contributed by atoms with E-state index < -0.39 is 5.97 Å². The van der Waals surface area contributed by atoms with E-state index in [1.54, 1.807) is 18.2 Å². The Balaban J connectivity index is 1.92. The molecule has 1 saturated heterocycles. The second kappa shape index (κ2) is 6.18. The number of furan rings is 1. The number of likely N-dealkylation sites (N-methyl/N-ethyl adjacent to an activating group) is 1. The van der Waals surface area contributed by atoms with Crippen molar-refractivity contribution in [2.24, 2.45) is 0 Å². The van der Waals surface area contributed by atoms with Crippen LogP contribution >= 0.6 is 23.4 Å². The molecule has 8 heteroatoms. The molecule has 0 radical (unpaired) electrons. The summed E-state index contributed by atoms with van der Waals surface area (Å²) in [5.74, 6) is -0.709. The number of imide groups is 1. The molecule has 6 nitrogen and oxygen atoms in total. The highest BCUT2D eigenvalue weighted by Gasteiger charge is 2.32. The van der Waals surface area contributed by atoms with Crippen LogP contribution in [0.4, 0.5) is 4.79 Å². The number of halogens is 1. The lowest BCUT2D eigenvalue weighted by Crippen LogP contribution is -2.22. The SMILES string of the molecule is CN1C(=O)S/C(=C/c2ccc(-c3ccc(Cl)c(C(=O)O)c3)o2)C1=O. The van der Waals surface area contributed by atoms with Crippen LogP contribution in [0.1, 0.15) is 16.1 Å². The summed E-state index contributed by atoms with van der Waals surface area (Å²) in [5, 5.41) is 8.90. The van der Waals surface area contributed by atoms with Gasteiger partial charge in [0.2, 0.25) is 0 Å². The van der Waals surface area contributed by atoms with E-state index in [-0.39, 0.29) is 26.6 Å². The molecule has 1 aromatic heterocycles. The van der Waals surface area contributed by atoms with Crippen LogP contribution in [0.2, 0.25) is 5.02 Å². The summed E-state index contributed by atoms with van der Waals surface area (Å²) in [5.41, 5.74) is 0.513. The lowest BCUT2D eigenvalue weighted by Gasteiger charge is -2.02. The number of nitrogens with zero attached hydrogens (tertiary/aromatic N) is 1. The largest absolute Gasteiger partial charge is 0.478 e. The van der Waals surface area contributed by atoms with Gasteiger partial charge in [-0.1, -0.05) is 11.6 Å². The molecule has 0 spiro atoms. The first-order chi connectivity index (χ1) is 11.4. The summed E-state index contributed by atoms with van der Waals surface area (Å²) >= 11 is 6.68. The first-order valence-electron chi connectivity index (χ1n) is 6.71. The molecule has 122 valence electrons. The lowest BCUT2D eigenvalue weighted by molar-refractivity contribution is -0.121. The number of carboxylic acid groups (broad SMARTS) is 1. The van der Waals surface area contributed by atoms with Crippen LogP contribution < -0.4 is 0 Å². The molecule has 1 aromatic carbocycles. The summed E-state index contributed by atoms with van der Waals surface area (Å²) in [4.78, 5) is 35.8. The number of amides is 2. The number of aromatic carboxylic acids is 1. The number of carbonyl (C=O) groups is 3. The minimum Gasteiger partial charge on any atom is -0.478 e. The van der Waals surface area contributed by atoms with E-state index in [2.05, 4.69) is 0 Å². The van der Waals surface area contributed by atoms with Gasteiger partial charge >= 0.3 is 5.97 Å². The fourth-order valence-electron chi connectivity index (χ4n) is 2.10. The number of rotatable bonds is 3. The molecule has 0 bridgehead atoms. The van der Waals surface area contributed by atoms with Gasteiger partial charge in [0.1, 0.15) is 11.5 Å². The van der Waals surface area contributed by atoms with E-state index in [9.17, 15) is 14.4 Å². The molecule has 1 fully saturated rings. The molecule has 0 saturated carbocycles. The van der Waals surface area contributed by atoms with E-state index in [1.165, 1.54) is 25.3 Å². The van der Waals surface area contributed by atoms with Gasteiger partial charge in [-0.2, -0.15) is 0 Å². The fourth-order valence-corrected chi connectivity index (χ4v) is 3.11. The zero-order valence-electron chi connectivity index (χ0n) is 12.3. The molecular weight excluding hydrogens is 354 g/mol. The van der Waals surface area contributed by atoms with Crippen molar-refractivity contribution in [3.8, 4) is 11.3 Å². The fraction of sp³-hybridized carbons (Fsp3) is 0.0625. The van der Waals surface area contributed by atoms with Gasteiger partial charge in [-0.05, 0) is 42.1 Å². The predicted molar refractivity (Wildman–Crippen MR) is 89.8 cm³/mol. The number of hydrogen-bond donors (Lipinski definition) is 1. The Morgan fingerprint density at radius 2 is 2.04 bits per heavy atom. The Labute approximate surface area is 145 Å². The average Bonchev–Trinajstić information content (AvgIpc) is 3.09. The molecule has 2 aromatic rings.